The molecule has 0 radical (unpaired) electrons. The number of furan rings is 1. The molecule has 0 aliphatic heterocycles. The first-order valence-electron chi connectivity index (χ1n) is 8.22. The highest BCUT2D eigenvalue weighted by atomic mass is 16.3. The molecule has 1 aromatic carbocycles. The smallest absolute Gasteiger partial charge is 0.251 e. The molecule has 25 heavy (non-hydrogen) atoms. The topological polar surface area (TPSA) is 55.1 Å². The van der Waals surface area contributed by atoms with E-state index in [1.54, 1.807) is 12.3 Å². The van der Waals surface area contributed by atoms with E-state index in [0.29, 0.717) is 12.1 Å². The lowest BCUT2D eigenvalue weighted by molar-refractivity contribution is 0.0948. The maximum absolute atomic E-state index is 12.4. The molecule has 0 spiro atoms. The lowest BCUT2D eigenvalue weighted by Gasteiger charge is -2.05. The van der Waals surface area contributed by atoms with Crippen LogP contribution in [-0.4, -0.2) is 10.9 Å². The van der Waals surface area contributed by atoms with Gasteiger partial charge in [-0.05, 0) is 50.2 Å². The van der Waals surface area contributed by atoms with Crippen LogP contribution in [0.25, 0.3) is 16.5 Å². The zero-order valence-corrected chi connectivity index (χ0v) is 14.3. The number of carbonyl (C=O) groups excluding carboxylic acids is 1. The van der Waals surface area contributed by atoms with Gasteiger partial charge in [-0.25, -0.2) is 0 Å². The Morgan fingerprint density at radius 2 is 2.08 bits per heavy atom. The second-order valence-electron chi connectivity index (χ2n) is 5.60. The fourth-order valence-corrected chi connectivity index (χ4v) is 2.61. The molecule has 0 aliphatic carbocycles. The number of hydrogen-bond acceptors (Lipinski definition) is 3. The average Bonchev–Trinajstić information content (AvgIpc) is 3.12. The minimum absolute atomic E-state index is 0.136. The minimum atomic E-state index is -0.136. The molecule has 0 saturated carbocycles. The SMILES string of the molecule is C/C=C\C(=C/C)c1ccc(CNC(=O)c2ccc3ncccc3c2)o1. The fourth-order valence-electron chi connectivity index (χ4n) is 2.61. The monoisotopic (exact) mass is 332 g/mol. The normalized spacial score (nSPS) is 12.0. The van der Waals surface area contributed by atoms with Crippen LogP contribution in [0.2, 0.25) is 0 Å². The molecule has 126 valence electrons. The number of nitrogens with one attached hydrogen (secondary N) is 1. The Hall–Kier alpha value is -3.14. The van der Waals surface area contributed by atoms with Crippen molar-refractivity contribution in [1.82, 2.24) is 10.3 Å². The number of aromatic nitrogens is 1. The first-order chi connectivity index (χ1) is 12.2. The van der Waals surface area contributed by atoms with Crippen molar-refractivity contribution in [3.05, 3.63) is 84.0 Å². The Bertz CT molecular complexity index is 951. The van der Waals surface area contributed by atoms with Crippen LogP contribution < -0.4 is 5.32 Å². The van der Waals surface area contributed by atoms with E-state index in [1.807, 2.05) is 68.5 Å². The number of allylic oxidation sites excluding steroid dienone is 4. The van der Waals surface area contributed by atoms with E-state index in [-0.39, 0.29) is 5.91 Å². The van der Waals surface area contributed by atoms with Gasteiger partial charge in [0.05, 0.1) is 12.1 Å². The summed E-state index contributed by atoms with van der Waals surface area (Å²) < 4.78 is 5.80. The van der Waals surface area contributed by atoms with E-state index in [2.05, 4.69) is 10.3 Å². The number of rotatable bonds is 5. The molecule has 2 aromatic heterocycles. The molecule has 0 fully saturated rings. The van der Waals surface area contributed by atoms with Gasteiger partial charge < -0.3 is 9.73 Å². The molecule has 4 heteroatoms. The number of hydrogen-bond donors (Lipinski definition) is 1. The quantitative estimate of drug-likeness (QED) is 0.687. The summed E-state index contributed by atoms with van der Waals surface area (Å²) in [6.07, 6.45) is 7.69. The van der Waals surface area contributed by atoms with Crippen LogP contribution >= 0.6 is 0 Å². The summed E-state index contributed by atoms with van der Waals surface area (Å²) in [6.45, 7) is 4.28. The third-order valence-electron chi connectivity index (χ3n) is 3.89. The third-order valence-corrected chi connectivity index (χ3v) is 3.89. The lowest BCUT2D eigenvalue weighted by Crippen LogP contribution is -2.22. The maximum atomic E-state index is 12.4. The highest BCUT2D eigenvalue weighted by Gasteiger charge is 2.09. The highest BCUT2D eigenvalue weighted by molar-refractivity contribution is 5.97. The van der Waals surface area contributed by atoms with Crippen LogP contribution in [0.3, 0.4) is 0 Å². The van der Waals surface area contributed by atoms with E-state index in [0.717, 1.165) is 28.0 Å². The van der Waals surface area contributed by atoms with E-state index in [1.165, 1.54) is 0 Å². The Morgan fingerprint density at radius 3 is 2.88 bits per heavy atom. The number of nitrogens with zero attached hydrogens (tertiary/aromatic N) is 1. The first kappa shape index (κ1) is 16.7. The molecule has 1 N–H and O–H groups in total. The highest BCUT2D eigenvalue weighted by Crippen LogP contribution is 2.19. The predicted molar refractivity (Wildman–Crippen MR) is 100 cm³/mol. The van der Waals surface area contributed by atoms with Gasteiger partial charge in [0, 0.05) is 22.7 Å². The summed E-state index contributed by atoms with van der Waals surface area (Å²) >= 11 is 0. The van der Waals surface area contributed by atoms with Crippen molar-refractivity contribution in [2.75, 3.05) is 0 Å². The molecule has 4 nitrogen and oxygen atoms in total. The van der Waals surface area contributed by atoms with E-state index < -0.39 is 0 Å². The first-order valence-corrected chi connectivity index (χ1v) is 8.22. The predicted octanol–water partition coefficient (Wildman–Crippen LogP) is 4.74. The second-order valence-corrected chi connectivity index (χ2v) is 5.60. The molecule has 0 atom stereocenters. The van der Waals surface area contributed by atoms with E-state index >= 15 is 0 Å². The minimum Gasteiger partial charge on any atom is -0.459 e. The molecule has 3 aromatic rings. The van der Waals surface area contributed by atoms with E-state index in [4.69, 9.17) is 4.42 Å². The number of fused-ring (bicyclic) bond motifs is 1. The average molecular weight is 332 g/mol. The van der Waals surface area contributed by atoms with Crippen LogP contribution in [0, 0.1) is 0 Å². The van der Waals surface area contributed by atoms with Crippen LogP contribution in [0.5, 0.6) is 0 Å². The van der Waals surface area contributed by atoms with Gasteiger partial charge in [-0.15, -0.1) is 0 Å². The van der Waals surface area contributed by atoms with Crippen molar-refractivity contribution < 1.29 is 9.21 Å². The number of amides is 1. The van der Waals surface area contributed by atoms with Gasteiger partial charge in [-0.2, -0.15) is 0 Å². The van der Waals surface area contributed by atoms with Crippen molar-refractivity contribution in [3.8, 4) is 0 Å². The summed E-state index contributed by atoms with van der Waals surface area (Å²) in [5.41, 5.74) is 2.50. The summed E-state index contributed by atoms with van der Waals surface area (Å²) in [5, 5.41) is 3.84. The summed E-state index contributed by atoms with van der Waals surface area (Å²) in [4.78, 5) is 16.6. The lowest BCUT2D eigenvalue weighted by atomic mass is 10.1. The van der Waals surface area contributed by atoms with Crippen molar-refractivity contribution in [1.29, 1.82) is 0 Å². The summed E-state index contributed by atoms with van der Waals surface area (Å²) in [6, 6.07) is 13.1. The number of pyridine rings is 1. The molecular weight excluding hydrogens is 312 g/mol. The van der Waals surface area contributed by atoms with Crippen LogP contribution in [0.15, 0.2) is 71.3 Å². The molecule has 0 bridgehead atoms. The van der Waals surface area contributed by atoms with Gasteiger partial charge in [0.2, 0.25) is 0 Å². The van der Waals surface area contributed by atoms with Crippen LogP contribution in [0.4, 0.5) is 0 Å². The fraction of sp³-hybridized carbons (Fsp3) is 0.143. The zero-order valence-electron chi connectivity index (χ0n) is 14.3. The Labute approximate surface area is 146 Å². The molecule has 1 amide bonds. The third kappa shape index (κ3) is 3.86. The largest absolute Gasteiger partial charge is 0.459 e. The van der Waals surface area contributed by atoms with Gasteiger partial charge in [-0.1, -0.05) is 24.3 Å². The van der Waals surface area contributed by atoms with Crippen LogP contribution in [0.1, 0.15) is 35.7 Å². The van der Waals surface area contributed by atoms with Crippen molar-refractivity contribution >= 4 is 22.4 Å². The second kappa shape index (κ2) is 7.62. The van der Waals surface area contributed by atoms with Gasteiger partial charge in [0.1, 0.15) is 11.5 Å². The zero-order chi connectivity index (χ0) is 17.6. The molecule has 0 aliphatic rings. The van der Waals surface area contributed by atoms with Gasteiger partial charge in [-0.3, -0.25) is 9.78 Å². The molecular formula is C21H20N2O2. The van der Waals surface area contributed by atoms with Gasteiger partial charge in [0.25, 0.3) is 5.91 Å². The van der Waals surface area contributed by atoms with Crippen molar-refractivity contribution in [2.24, 2.45) is 0 Å². The molecule has 0 unspecified atom stereocenters. The Kier molecular flexibility index (Phi) is 5.09. The Morgan fingerprint density at radius 1 is 1.20 bits per heavy atom. The van der Waals surface area contributed by atoms with Gasteiger partial charge in [0.15, 0.2) is 0 Å². The standard InChI is InChI=1S/C21H20N2O2/c1-3-6-15(4-2)20-11-9-18(25-20)14-23-21(24)17-8-10-19-16(13-17)7-5-12-22-19/h3-13H,14H2,1-2H3,(H,23,24)/b6-3-,15-4+. The molecule has 2 heterocycles. The molecule has 3 rings (SSSR count). The Balaban J connectivity index is 1.68. The van der Waals surface area contributed by atoms with Crippen LogP contribution in [-0.2, 0) is 6.54 Å². The van der Waals surface area contributed by atoms with E-state index in [9.17, 15) is 4.79 Å². The number of carbonyl (C=O) groups is 1. The number of benzene rings is 1. The summed E-state index contributed by atoms with van der Waals surface area (Å²) in [7, 11) is 0. The maximum Gasteiger partial charge on any atom is 0.251 e. The summed E-state index contributed by atoms with van der Waals surface area (Å²) in [5.74, 6) is 1.37. The van der Waals surface area contributed by atoms with Crippen molar-refractivity contribution in [3.63, 3.8) is 0 Å². The molecule has 0 saturated heterocycles. The van der Waals surface area contributed by atoms with Gasteiger partial charge >= 0.3 is 0 Å². The van der Waals surface area contributed by atoms with Crippen molar-refractivity contribution in [2.45, 2.75) is 20.4 Å².